The van der Waals surface area contributed by atoms with Gasteiger partial charge in [-0.05, 0) is 6.92 Å². The van der Waals surface area contributed by atoms with E-state index in [1.54, 1.807) is 6.92 Å². The molecule has 0 aliphatic carbocycles. The van der Waals surface area contributed by atoms with E-state index < -0.39 is 78.1 Å². The van der Waals surface area contributed by atoms with E-state index in [1.807, 2.05) is 0 Å². The molecule has 10 atom stereocenters. The summed E-state index contributed by atoms with van der Waals surface area (Å²) in [6.45, 7) is -0.103. The van der Waals surface area contributed by atoms with Crippen molar-refractivity contribution in [2.24, 2.45) is 0 Å². The van der Waals surface area contributed by atoms with Crippen molar-refractivity contribution >= 4 is 43.8 Å². The molecule has 236 valence electrons. The summed E-state index contributed by atoms with van der Waals surface area (Å²) in [4.78, 5) is 45.2. The lowest BCUT2D eigenvalue weighted by atomic mass is 10.1. The second kappa shape index (κ2) is 10.8. The van der Waals surface area contributed by atoms with Crippen molar-refractivity contribution < 1.29 is 55.3 Å². The van der Waals surface area contributed by atoms with Crippen LogP contribution in [0.5, 0.6) is 0 Å². The van der Waals surface area contributed by atoms with Gasteiger partial charge in [-0.15, -0.1) is 0 Å². The van der Waals surface area contributed by atoms with Crippen molar-refractivity contribution in [3.05, 3.63) is 31.0 Å². The summed E-state index contributed by atoms with van der Waals surface area (Å²) < 4.78 is 91.8. The first-order chi connectivity index (χ1) is 20.9. The zero-order valence-corrected chi connectivity index (χ0v) is 24.1. The van der Waals surface area contributed by atoms with Gasteiger partial charge in [0.1, 0.15) is 48.1 Å². The molecule has 0 amide bonds. The third-order valence-electron chi connectivity index (χ3n) is 7.32. The molecule has 4 N–H and O–H groups in total. The minimum absolute atomic E-state index is 0.00522. The average molecular weight is 661 g/mol. The fraction of sp³-hybridized carbons (Fsp3) is 0.524. The fourth-order valence-electron chi connectivity index (χ4n) is 5.27. The van der Waals surface area contributed by atoms with Gasteiger partial charge in [0.15, 0.2) is 41.9 Å². The Bertz CT molecular complexity index is 1700. The van der Waals surface area contributed by atoms with E-state index in [2.05, 4.69) is 29.9 Å². The van der Waals surface area contributed by atoms with Crippen LogP contribution in [0.3, 0.4) is 0 Å². The van der Waals surface area contributed by atoms with Gasteiger partial charge in [0.25, 0.3) is 0 Å². The highest BCUT2D eigenvalue weighted by Gasteiger charge is 2.55. The quantitative estimate of drug-likeness (QED) is 0.254. The number of anilines is 1. The second-order valence-electron chi connectivity index (χ2n) is 10.1. The summed E-state index contributed by atoms with van der Waals surface area (Å²) in [6, 6.07) is 0. The molecule has 7 heterocycles. The molecule has 4 aromatic heterocycles. The largest absolute Gasteiger partial charge is 0.472 e. The molecule has 4 aromatic rings. The number of phosphoric acid groups is 2. The summed E-state index contributed by atoms with van der Waals surface area (Å²) in [7, 11) is -10.2. The highest BCUT2D eigenvalue weighted by atomic mass is 31.2. The molecule has 3 aliphatic rings. The number of nitrogens with two attached hydrogens (primary N) is 1. The van der Waals surface area contributed by atoms with Crippen LogP contribution < -0.4 is 5.73 Å². The van der Waals surface area contributed by atoms with E-state index >= 15 is 8.78 Å². The van der Waals surface area contributed by atoms with Gasteiger partial charge in [0.2, 0.25) is 0 Å². The number of hydrogen-bond acceptors (Lipinski definition) is 15. The lowest BCUT2D eigenvalue weighted by molar-refractivity contribution is -0.0662. The molecule has 3 aliphatic heterocycles. The molecule has 44 heavy (non-hydrogen) atoms. The molecule has 19 nitrogen and oxygen atoms in total. The number of hydrogen-bond donors (Lipinski definition) is 3. The number of aromatic nitrogens is 8. The summed E-state index contributed by atoms with van der Waals surface area (Å²) in [5.41, 5.74) is 7.04. The monoisotopic (exact) mass is 661 g/mol. The smallest absolute Gasteiger partial charge is 0.382 e. The van der Waals surface area contributed by atoms with Crippen LogP contribution in [-0.4, -0.2) is 98.8 Å². The van der Waals surface area contributed by atoms with Crippen molar-refractivity contribution in [3.63, 3.8) is 0 Å². The Morgan fingerprint density at radius 3 is 1.82 bits per heavy atom. The Labute approximate surface area is 244 Å². The Kier molecular flexibility index (Phi) is 7.24. The first-order valence-electron chi connectivity index (χ1n) is 12.9. The van der Waals surface area contributed by atoms with Gasteiger partial charge >= 0.3 is 15.6 Å². The molecule has 3 saturated heterocycles. The van der Waals surface area contributed by atoms with E-state index in [0.29, 0.717) is 11.2 Å². The molecular formula is C21H23F2N9O10P2. The Morgan fingerprint density at radius 2 is 1.27 bits per heavy atom. The summed E-state index contributed by atoms with van der Waals surface area (Å²) in [5.74, 6) is 0.00522. The zero-order valence-electron chi connectivity index (χ0n) is 22.3. The standard InChI is InChI=1S/C21H23F2N9O10P2/c1-8-13-18(27-4-25-8)31(6-29-13)20-11(22)15-9(39-20)2-37-44(35,36)42-16-10(3-38-43(33,34)41-15)40-21(12(16)23)32-7-30-14-17(24)26-5-28-19(14)32/h4-7,9-12,15-16,20-21H,2-3H2,1H3,(H,33,34)(H,35,36)(H2,24,26,28)/t9-,10-,11-,12-,15-,16-,20-,21-/m1/s1. The lowest BCUT2D eigenvalue weighted by Crippen LogP contribution is -2.37. The number of nitrogens with zero attached hydrogens (tertiary/aromatic N) is 8. The van der Waals surface area contributed by atoms with Crippen LogP contribution in [0, 0.1) is 6.92 Å². The molecule has 0 spiro atoms. The molecule has 0 aromatic carbocycles. The highest BCUT2D eigenvalue weighted by Crippen LogP contribution is 2.54. The predicted octanol–water partition coefficient (Wildman–Crippen LogP) is 1.05. The van der Waals surface area contributed by atoms with Gasteiger partial charge in [0.05, 0.1) is 31.6 Å². The third-order valence-corrected chi connectivity index (χ3v) is 9.30. The summed E-state index contributed by atoms with van der Waals surface area (Å²) >= 11 is 0. The number of ether oxygens (including phenoxy) is 2. The third kappa shape index (κ3) is 5.08. The topological polar surface area (TPSA) is 243 Å². The molecular weight excluding hydrogens is 638 g/mol. The first-order valence-corrected chi connectivity index (χ1v) is 15.9. The van der Waals surface area contributed by atoms with E-state index in [1.165, 1.54) is 17.2 Å². The van der Waals surface area contributed by atoms with Crippen molar-refractivity contribution in [3.8, 4) is 0 Å². The number of alkyl halides is 2. The van der Waals surface area contributed by atoms with Crippen molar-refractivity contribution in [2.45, 2.75) is 56.1 Å². The number of aryl methyl sites for hydroxylation is 1. The van der Waals surface area contributed by atoms with Gasteiger partial charge in [0, 0.05) is 0 Å². The Morgan fingerprint density at radius 1 is 0.795 bits per heavy atom. The van der Waals surface area contributed by atoms with Gasteiger partial charge in [-0.1, -0.05) is 0 Å². The van der Waals surface area contributed by atoms with Crippen LogP contribution in [0.1, 0.15) is 18.1 Å². The number of halogens is 2. The lowest BCUT2D eigenvalue weighted by Gasteiger charge is -2.27. The molecule has 0 bridgehead atoms. The number of rotatable bonds is 2. The number of phosphoric ester groups is 2. The number of nitrogen functional groups attached to an aromatic ring is 1. The van der Waals surface area contributed by atoms with E-state index in [0.717, 1.165) is 17.2 Å². The van der Waals surface area contributed by atoms with Crippen LogP contribution in [0.4, 0.5) is 14.6 Å². The van der Waals surface area contributed by atoms with E-state index in [-0.39, 0.29) is 22.6 Å². The fourth-order valence-corrected chi connectivity index (χ4v) is 7.18. The number of imidazole rings is 2. The molecule has 23 heteroatoms. The van der Waals surface area contributed by atoms with Gasteiger partial charge in [-0.3, -0.25) is 27.2 Å². The summed E-state index contributed by atoms with van der Waals surface area (Å²) in [6.07, 6.45) is -9.50. The average Bonchev–Trinajstić information content (AvgIpc) is 3.73. The van der Waals surface area contributed by atoms with Crippen LogP contribution >= 0.6 is 15.6 Å². The van der Waals surface area contributed by atoms with Crippen molar-refractivity contribution in [1.82, 2.24) is 39.0 Å². The minimum Gasteiger partial charge on any atom is -0.382 e. The SMILES string of the molecule is Cc1ncnc2c1ncn2[C@@H]1O[C@@H]2COP(=O)(O)O[C@H]3[C@@H](F)[C@H](n4cnc5c(N)ncnc54)O[C@@H]3COP(=O)(O)O[C@H]2[C@H]1F. The molecule has 0 radical (unpaired) electrons. The van der Waals surface area contributed by atoms with Gasteiger partial charge in [-0.25, -0.2) is 47.8 Å². The molecule has 7 rings (SSSR count). The van der Waals surface area contributed by atoms with Crippen LogP contribution in [0.15, 0.2) is 25.3 Å². The maximum atomic E-state index is 15.9. The Balaban J connectivity index is 1.17. The normalized spacial score (nSPS) is 38.3. The van der Waals surface area contributed by atoms with Gasteiger partial charge in [-0.2, -0.15) is 0 Å². The summed E-state index contributed by atoms with van der Waals surface area (Å²) in [5, 5.41) is 0. The number of fused-ring (bicyclic) bond motifs is 4. The Hall–Kier alpha value is -3.10. The maximum Gasteiger partial charge on any atom is 0.472 e. The van der Waals surface area contributed by atoms with Gasteiger partial charge < -0.3 is 25.0 Å². The molecule has 0 saturated carbocycles. The van der Waals surface area contributed by atoms with Crippen LogP contribution in [0.25, 0.3) is 22.3 Å². The van der Waals surface area contributed by atoms with Crippen LogP contribution in [0.2, 0.25) is 0 Å². The maximum absolute atomic E-state index is 15.9. The molecule has 3 fully saturated rings. The van der Waals surface area contributed by atoms with Crippen molar-refractivity contribution in [2.75, 3.05) is 18.9 Å². The zero-order chi connectivity index (χ0) is 31.0. The first kappa shape index (κ1) is 29.6. The predicted molar refractivity (Wildman–Crippen MR) is 139 cm³/mol. The highest BCUT2D eigenvalue weighted by molar-refractivity contribution is 7.47. The molecule has 2 unspecified atom stereocenters. The minimum atomic E-state index is -5.11. The van der Waals surface area contributed by atoms with Crippen molar-refractivity contribution in [1.29, 1.82) is 0 Å². The van der Waals surface area contributed by atoms with E-state index in [4.69, 9.17) is 33.3 Å². The van der Waals surface area contributed by atoms with E-state index in [9.17, 15) is 18.9 Å². The second-order valence-corrected chi connectivity index (χ2v) is 12.9. The van der Waals surface area contributed by atoms with Crippen LogP contribution in [-0.2, 0) is 36.7 Å².